The third-order valence-corrected chi connectivity index (χ3v) is 3.74. The predicted molar refractivity (Wildman–Crippen MR) is 68.7 cm³/mol. The number of furan rings is 1. The monoisotopic (exact) mass is 284 g/mol. The standard InChI is InChI=1S/C11H16N4O3S/c1-12-8-10-3-4-11(18-10)19(16,17)13-7-9-5-6-15(2)14-9/h3-6,12-13H,7-8H2,1-2H3. The molecule has 19 heavy (non-hydrogen) atoms. The number of sulfonamides is 1. The minimum absolute atomic E-state index is 0.0892. The zero-order valence-electron chi connectivity index (χ0n) is 10.8. The fourth-order valence-corrected chi connectivity index (χ4v) is 2.51. The Hall–Kier alpha value is -1.64. The van der Waals surface area contributed by atoms with Gasteiger partial charge in [0.15, 0.2) is 0 Å². The van der Waals surface area contributed by atoms with Crippen molar-refractivity contribution in [1.82, 2.24) is 19.8 Å². The quantitative estimate of drug-likeness (QED) is 0.791. The number of nitrogens with zero attached hydrogens (tertiary/aromatic N) is 2. The van der Waals surface area contributed by atoms with Crippen LogP contribution in [0.25, 0.3) is 0 Å². The second kappa shape index (κ2) is 5.55. The van der Waals surface area contributed by atoms with Gasteiger partial charge in [-0.05, 0) is 25.2 Å². The summed E-state index contributed by atoms with van der Waals surface area (Å²) in [5.41, 5.74) is 0.646. The minimum atomic E-state index is -3.64. The molecule has 0 fully saturated rings. The van der Waals surface area contributed by atoms with E-state index in [2.05, 4.69) is 15.1 Å². The summed E-state index contributed by atoms with van der Waals surface area (Å²) in [4.78, 5) is 0. The zero-order valence-corrected chi connectivity index (χ0v) is 11.6. The molecule has 0 bridgehead atoms. The number of hydrogen-bond acceptors (Lipinski definition) is 5. The minimum Gasteiger partial charge on any atom is -0.447 e. The van der Waals surface area contributed by atoms with Crippen molar-refractivity contribution in [3.8, 4) is 0 Å². The molecule has 7 nitrogen and oxygen atoms in total. The lowest BCUT2D eigenvalue weighted by Gasteiger charge is -2.02. The van der Waals surface area contributed by atoms with E-state index >= 15 is 0 Å². The van der Waals surface area contributed by atoms with Crippen LogP contribution in [0.15, 0.2) is 33.9 Å². The Labute approximate surface area is 111 Å². The molecule has 2 rings (SSSR count). The van der Waals surface area contributed by atoms with E-state index in [1.54, 1.807) is 37.1 Å². The Bertz CT molecular complexity index is 644. The molecule has 0 spiro atoms. The number of rotatable bonds is 6. The van der Waals surface area contributed by atoms with Gasteiger partial charge < -0.3 is 9.73 Å². The molecule has 0 aliphatic rings. The Morgan fingerprint density at radius 3 is 2.74 bits per heavy atom. The molecular weight excluding hydrogens is 268 g/mol. The van der Waals surface area contributed by atoms with Gasteiger partial charge in [0, 0.05) is 13.2 Å². The van der Waals surface area contributed by atoms with Crippen LogP contribution in [0.5, 0.6) is 0 Å². The Morgan fingerprint density at radius 2 is 2.11 bits per heavy atom. The predicted octanol–water partition coefficient (Wildman–Crippen LogP) is 0.211. The molecular formula is C11H16N4O3S. The van der Waals surface area contributed by atoms with Crippen LogP contribution >= 0.6 is 0 Å². The molecule has 2 aromatic heterocycles. The first kappa shape index (κ1) is 13.8. The van der Waals surface area contributed by atoms with Crippen LogP contribution < -0.4 is 10.0 Å². The lowest BCUT2D eigenvalue weighted by Crippen LogP contribution is -2.23. The van der Waals surface area contributed by atoms with Crippen LogP contribution in [0.1, 0.15) is 11.5 Å². The Morgan fingerprint density at radius 1 is 1.32 bits per heavy atom. The maximum absolute atomic E-state index is 12.0. The average molecular weight is 284 g/mol. The van der Waals surface area contributed by atoms with Crippen molar-refractivity contribution in [2.75, 3.05) is 7.05 Å². The van der Waals surface area contributed by atoms with E-state index in [9.17, 15) is 8.42 Å². The number of aromatic nitrogens is 2. The van der Waals surface area contributed by atoms with Crippen molar-refractivity contribution in [2.45, 2.75) is 18.2 Å². The number of nitrogens with one attached hydrogen (secondary N) is 2. The zero-order chi connectivity index (χ0) is 13.9. The third kappa shape index (κ3) is 3.43. The summed E-state index contributed by atoms with van der Waals surface area (Å²) in [5, 5.41) is 6.89. The first-order valence-corrected chi connectivity index (χ1v) is 7.21. The summed E-state index contributed by atoms with van der Waals surface area (Å²) in [6.07, 6.45) is 1.75. The van der Waals surface area contributed by atoms with Crippen LogP contribution in [0.2, 0.25) is 0 Å². The second-order valence-corrected chi connectivity index (χ2v) is 5.75. The summed E-state index contributed by atoms with van der Waals surface area (Å²) < 4.78 is 33.2. The van der Waals surface area contributed by atoms with Gasteiger partial charge >= 0.3 is 0 Å². The lowest BCUT2D eigenvalue weighted by atomic mass is 10.4. The summed E-state index contributed by atoms with van der Waals surface area (Å²) in [5.74, 6) is 0.570. The van der Waals surface area contributed by atoms with E-state index in [1.165, 1.54) is 6.07 Å². The Balaban J connectivity index is 2.04. The van der Waals surface area contributed by atoms with Crippen LogP contribution in [0.4, 0.5) is 0 Å². The molecule has 0 saturated carbocycles. The fraction of sp³-hybridized carbons (Fsp3) is 0.364. The van der Waals surface area contributed by atoms with E-state index in [0.29, 0.717) is 18.0 Å². The SMILES string of the molecule is CNCc1ccc(S(=O)(=O)NCc2ccn(C)n2)o1. The molecule has 0 atom stereocenters. The van der Waals surface area contributed by atoms with Gasteiger partial charge in [-0.3, -0.25) is 4.68 Å². The van der Waals surface area contributed by atoms with Gasteiger partial charge in [0.1, 0.15) is 5.76 Å². The number of hydrogen-bond donors (Lipinski definition) is 2. The van der Waals surface area contributed by atoms with Crippen molar-refractivity contribution in [2.24, 2.45) is 7.05 Å². The molecule has 0 aliphatic heterocycles. The van der Waals surface area contributed by atoms with Crippen molar-refractivity contribution < 1.29 is 12.8 Å². The molecule has 0 amide bonds. The van der Waals surface area contributed by atoms with Crippen LogP contribution in [0.3, 0.4) is 0 Å². The highest BCUT2D eigenvalue weighted by Gasteiger charge is 2.18. The smallest absolute Gasteiger partial charge is 0.274 e. The average Bonchev–Trinajstić information content (AvgIpc) is 2.97. The molecule has 2 aromatic rings. The topological polar surface area (TPSA) is 89.2 Å². The first-order chi connectivity index (χ1) is 9.01. The fourth-order valence-electron chi connectivity index (χ4n) is 1.57. The van der Waals surface area contributed by atoms with Gasteiger partial charge in [-0.2, -0.15) is 5.10 Å². The van der Waals surface area contributed by atoms with Gasteiger partial charge in [0.05, 0.1) is 18.8 Å². The van der Waals surface area contributed by atoms with E-state index < -0.39 is 10.0 Å². The van der Waals surface area contributed by atoms with Crippen LogP contribution in [-0.2, 0) is 30.2 Å². The summed E-state index contributed by atoms with van der Waals surface area (Å²) in [7, 11) is -0.108. The third-order valence-electron chi connectivity index (χ3n) is 2.47. The normalized spacial score (nSPS) is 11.9. The molecule has 0 unspecified atom stereocenters. The summed E-state index contributed by atoms with van der Waals surface area (Å²) in [6, 6.07) is 4.82. The highest BCUT2D eigenvalue weighted by molar-refractivity contribution is 7.89. The second-order valence-electron chi connectivity index (χ2n) is 4.06. The maximum atomic E-state index is 12.0. The molecule has 0 aliphatic carbocycles. The summed E-state index contributed by atoms with van der Waals surface area (Å²) in [6.45, 7) is 0.612. The van der Waals surface area contributed by atoms with E-state index in [0.717, 1.165) is 0 Å². The highest BCUT2D eigenvalue weighted by Crippen LogP contribution is 2.13. The maximum Gasteiger partial charge on any atom is 0.274 e. The van der Waals surface area contributed by atoms with E-state index in [-0.39, 0.29) is 11.6 Å². The van der Waals surface area contributed by atoms with Crippen molar-refractivity contribution in [3.63, 3.8) is 0 Å². The molecule has 2 heterocycles. The number of aryl methyl sites for hydroxylation is 1. The van der Waals surface area contributed by atoms with Gasteiger partial charge in [-0.15, -0.1) is 0 Å². The van der Waals surface area contributed by atoms with Crippen molar-refractivity contribution in [1.29, 1.82) is 0 Å². The highest BCUT2D eigenvalue weighted by atomic mass is 32.2. The van der Waals surface area contributed by atoms with Gasteiger partial charge in [-0.25, -0.2) is 13.1 Å². The largest absolute Gasteiger partial charge is 0.447 e. The van der Waals surface area contributed by atoms with Crippen LogP contribution in [-0.4, -0.2) is 25.2 Å². The van der Waals surface area contributed by atoms with Gasteiger partial charge in [-0.1, -0.05) is 0 Å². The molecule has 0 radical (unpaired) electrons. The van der Waals surface area contributed by atoms with E-state index in [4.69, 9.17) is 4.42 Å². The molecule has 0 aromatic carbocycles. The Kier molecular flexibility index (Phi) is 4.03. The molecule has 2 N–H and O–H groups in total. The van der Waals surface area contributed by atoms with Gasteiger partial charge in [0.2, 0.25) is 5.09 Å². The lowest BCUT2D eigenvalue weighted by molar-refractivity contribution is 0.404. The summed E-state index contributed by atoms with van der Waals surface area (Å²) >= 11 is 0. The van der Waals surface area contributed by atoms with Crippen molar-refractivity contribution in [3.05, 3.63) is 35.9 Å². The molecule has 0 saturated heterocycles. The van der Waals surface area contributed by atoms with E-state index in [1.807, 2.05) is 0 Å². The van der Waals surface area contributed by atoms with Crippen molar-refractivity contribution >= 4 is 10.0 Å². The molecule has 104 valence electrons. The van der Waals surface area contributed by atoms with Crippen LogP contribution in [0, 0.1) is 0 Å². The molecule has 8 heteroatoms. The van der Waals surface area contributed by atoms with Gasteiger partial charge in [0.25, 0.3) is 10.0 Å². The first-order valence-electron chi connectivity index (χ1n) is 5.73.